The molecule has 0 amide bonds. The van der Waals surface area contributed by atoms with Gasteiger partial charge in [-0.1, -0.05) is 23.7 Å². The third-order valence-electron chi connectivity index (χ3n) is 2.75. The number of carbonyl (C=O) groups is 1. The molecule has 1 aromatic carbocycles. The highest BCUT2D eigenvalue weighted by Crippen LogP contribution is 2.28. The lowest BCUT2D eigenvalue weighted by molar-refractivity contribution is -0.135. The first kappa shape index (κ1) is 15.0. The van der Waals surface area contributed by atoms with E-state index in [1.807, 2.05) is 31.2 Å². The van der Waals surface area contributed by atoms with E-state index in [0.717, 1.165) is 27.6 Å². The third-order valence-corrected chi connectivity index (χ3v) is 4.03. The van der Waals surface area contributed by atoms with E-state index < -0.39 is 5.97 Å². The largest absolute Gasteiger partial charge is 0.480 e. The van der Waals surface area contributed by atoms with E-state index in [1.165, 1.54) is 0 Å². The van der Waals surface area contributed by atoms with Gasteiger partial charge in [0.15, 0.2) is 0 Å². The SMILES string of the molecule is Cc1sc(CCNCC(=O)O)nc1-c1ccc(Cl)cc1. The van der Waals surface area contributed by atoms with Crippen LogP contribution in [0.4, 0.5) is 0 Å². The van der Waals surface area contributed by atoms with Crippen molar-refractivity contribution in [2.24, 2.45) is 0 Å². The lowest BCUT2D eigenvalue weighted by atomic mass is 10.1. The Kier molecular flexibility index (Phi) is 5.11. The van der Waals surface area contributed by atoms with E-state index in [-0.39, 0.29) is 6.54 Å². The number of thiazole rings is 1. The van der Waals surface area contributed by atoms with Crippen LogP contribution in [0.2, 0.25) is 5.02 Å². The number of aliphatic carboxylic acids is 1. The number of nitrogens with one attached hydrogen (secondary N) is 1. The molecule has 20 heavy (non-hydrogen) atoms. The van der Waals surface area contributed by atoms with Gasteiger partial charge >= 0.3 is 5.97 Å². The van der Waals surface area contributed by atoms with Gasteiger partial charge in [-0.2, -0.15) is 0 Å². The van der Waals surface area contributed by atoms with E-state index in [4.69, 9.17) is 16.7 Å². The number of nitrogens with zero attached hydrogens (tertiary/aromatic N) is 1. The molecule has 0 unspecified atom stereocenters. The monoisotopic (exact) mass is 310 g/mol. The Labute approximate surface area is 126 Å². The molecule has 2 rings (SSSR count). The molecule has 0 radical (unpaired) electrons. The molecule has 1 heterocycles. The van der Waals surface area contributed by atoms with Gasteiger partial charge in [-0.05, 0) is 19.1 Å². The van der Waals surface area contributed by atoms with Gasteiger partial charge in [0, 0.05) is 28.4 Å². The molecule has 106 valence electrons. The van der Waals surface area contributed by atoms with Crippen molar-refractivity contribution in [1.82, 2.24) is 10.3 Å². The molecule has 0 spiro atoms. The molecule has 0 saturated heterocycles. The number of aromatic nitrogens is 1. The van der Waals surface area contributed by atoms with Crippen molar-refractivity contribution in [2.75, 3.05) is 13.1 Å². The number of aryl methyl sites for hydroxylation is 1. The summed E-state index contributed by atoms with van der Waals surface area (Å²) in [7, 11) is 0. The summed E-state index contributed by atoms with van der Waals surface area (Å²) >= 11 is 7.52. The maximum absolute atomic E-state index is 10.4. The zero-order valence-electron chi connectivity index (χ0n) is 11.0. The van der Waals surface area contributed by atoms with Gasteiger partial charge in [-0.25, -0.2) is 4.98 Å². The number of carboxylic acid groups (broad SMARTS) is 1. The van der Waals surface area contributed by atoms with Crippen molar-refractivity contribution in [3.8, 4) is 11.3 Å². The number of hydrogen-bond donors (Lipinski definition) is 2. The molecule has 1 aromatic heterocycles. The van der Waals surface area contributed by atoms with Crippen molar-refractivity contribution < 1.29 is 9.90 Å². The predicted octanol–water partition coefficient (Wildman–Crippen LogP) is 2.99. The van der Waals surface area contributed by atoms with Crippen molar-refractivity contribution >= 4 is 28.9 Å². The molecule has 4 nitrogen and oxygen atoms in total. The van der Waals surface area contributed by atoms with Crippen LogP contribution < -0.4 is 5.32 Å². The number of carboxylic acids is 1. The second-order valence-corrected chi connectivity index (χ2v) is 6.06. The first-order valence-corrected chi connectivity index (χ1v) is 7.40. The Morgan fingerprint density at radius 2 is 2.10 bits per heavy atom. The summed E-state index contributed by atoms with van der Waals surface area (Å²) in [5.74, 6) is -0.845. The maximum Gasteiger partial charge on any atom is 0.317 e. The third kappa shape index (κ3) is 4.03. The second kappa shape index (κ2) is 6.83. The van der Waals surface area contributed by atoms with Crippen LogP contribution in [0.15, 0.2) is 24.3 Å². The fraction of sp³-hybridized carbons (Fsp3) is 0.286. The average molecular weight is 311 g/mol. The van der Waals surface area contributed by atoms with E-state index in [9.17, 15) is 4.79 Å². The minimum Gasteiger partial charge on any atom is -0.480 e. The Morgan fingerprint density at radius 3 is 2.75 bits per heavy atom. The molecule has 0 fully saturated rings. The maximum atomic E-state index is 10.4. The van der Waals surface area contributed by atoms with Crippen LogP contribution in [0, 0.1) is 6.92 Å². The number of halogens is 1. The van der Waals surface area contributed by atoms with Crippen molar-refractivity contribution in [1.29, 1.82) is 0 Å². The molecule has 0 saturated carbocycles. The zero-order valence-corrected chi connectivity index (χ0v) is 12.6. The summed E-state index contributed by atoms with van der Waals surface area (Å²) in [6.45, 7) is 2.63. The van der Waals surface area contributed by atoms with Gasteiger partial charge in [0.1, 0.15) is 0 Å². The molecule has 2 N–H and O–H groups in total. The molecule has 0 aliphatic carbocycles. The molecule has 2 aromatic rings. The van der Waals surface area contributed by atoms with Crippen LogP contribution in [0.25, 0.3) is 11.3 Å². The average Bonchev–Trinajstić information content (AvgIpc) is 2.77. The minimum atomic E-state index is -0.845. The number of hydrogen-bond acceptors (Lipinski definition) is 4. The van der Waals surface area contributed by atoms with Gasteiger partial charge in [-0.3, -0.25) is 4.79 Å². The van der Waals surface area contributed by atoms with Crippen LogP contribution in [0.3, 0.4) is 0 Å². The fourth-order valence-electron chi connectivity index (χ4n) is 1.82. The standard InChI is InChI=1S/C14H15ClN2O2S/c1-9-14(10-2-4-11(15)5-3-10)17-12(20-9)6-7-16-8-13(18)19/h2-5,16H,6-8H2,1H3,(H,18,19). The van der Waals surface area contributed by atoms with Gasteiger partial charge in [-0.15, -0.1) is 11.3 Å². The first-order chi connectivity index (χ1) is 9.56. The van der Waals surface area contributed by atoms with Crippen molar-refractivity contribution in [2.45, 2.75) is 13.3 Å². The minimum absolute atomic E-state index is 0.0194. The van der Waals surface area contributed by atoms with Crippen LogP contribution in [0.5, 0.6) is 0 Å². The van der Waals surface area contributed by atoms with Crippen molar-refractivity contribution in [3.63, 3.8) is 0 Å². The Hall–Kier alpha value is -1.43. The topological polar surface area (TPSA) is 62.2 Å². The molecule has 0 aliphatic rings. The highest BCUT2D eigenvalue weighted by Gasteiger charge is 2.09. The van der Waals surface area contributed by atoms with E-state index in [1.54, 1.807) is 11.3 Å². The Bertz CT molecular complexity index is 596. The molecule has 0 aliphatic heterocycles. The lowest BCUT2D eigenvalue weighted by Crippen LogP contribution is -2.24. The Morgan fingerprint density at radius 1 is 1.40 bits per heavy atom. The van der Waals surface area contributed by atoms with Gasteiger partial charge in [0.2, 0.25) is 0 Å². The fourth-order valence-corrected chi connectivity index (χ4v) is 2.91. The second-order valence-electron chi connectivity index (χ2n) is 4.34. The van der Waals surface area contributed by atoms with E-state index >= 15 is 0 Å². The van der Waals surface area contributed by atoms with Gasteiger partial charge in [0.25, 0.3) is 0 Å². The first-order valence-electron chi connectivity index (χ1n) is 6.21. The molecule has 6 heteroatoms. The van der Waals surface area contributed by atoms with Crippen LogP contribution in [-0.4, -0.2) is 29.1 Å². The van der Waals surface area contributed by atoms with Crippen LogP contribution >= 0.6 is 22.9 Å². The van der Waals surface area contributed by atoms with Crippen LogP contribution in [-0.2, 0) is 11.2 Å². The molecule has 0 atom stereocenters. The normalized spacial score (nSPS) is 10.7. The smallest absolute Gasteiger partial charge is 0.317 e. The predicted molar refractivity (Wildman–Crippen MR) is 81.5 cm³/mol. The summed E-state index contributed by atoms with van der Waals surface area (Å²) in [6.07, 6.45) is 0.729. The Balaban J connectivity index is 2.02. The summed E-state index contributed by atoms with van der Waals surface area (Å²) < 4.78 is 0. The van der Waals surface area contributed by atoms with E-state index in [2.05, 4.69) is 10.3 Å². The highest BCUT2D eigenvalue weighted by molar-refractivity contribution is 7.12. The van der Waals surface area contributed by atoms with Crippen LogP contribution in [0.1, 0.15) is 9.88 Å². The quantitative estimate of drug-likeness (QED) is 0.805. The molecule has 0 bridgehead atoms. The van der Waals surface area contributed by atoms with Gasteiger partial charge < -0.3 is 10.4 Å². The number of benzene rings is 1. The summed E-state index contributed by atoms with van der Waals surface area (Å²) in [5.41, 5.74) is 2.02. The molecular formula is C14H15ClN2O2S. The summed E-state index contributed by atoms with van der Waals surface area (Å²) in [5, 5.41) is 13.1. The summed E-state index contributed by atoms with van der Waals surface area (Å²) in [4.78, 5) is 16.2. The molecular weight excluding hydrogens is 296 g/mol. The lowest BCUT2D eigenvalue weighted by Gasteiger charge is -1.99. The number of rotatable bonds is 6. The highest BCUT2D eigenvalue weighted by atomic mass is 35.5. The van der Waals surface area contributed by atoms with E-state index in [0.29, 0.717) is 11.6 Å². The van der Waals surface area contributed by atoms with Crippen molar-refractivity contribution in [3.05, 3.63) is 39.2 Å². The summed E-state index contributed by atoms with van der Waals surface area (Å²) in [6, 6.07) is 7.61. The zero-order chi connectivity index (χ0) is 14.5. The van der Waals surface area contributed by atoms with Gasteiger partial charge in [0.05, 0.1) is 17.2 Å².